The first-order valence-corrected chi connectivity index (χ1v) is 6.72. The Morgan fingerprint density at radius 2 is 1.59 bits per heavy atom. The zero-order valence-electron chi connectivity index (χ0n) is 10.2. The normalized spacial score (nSPS) is 25.1. The predicted octanol–water partition coefficient (Wildman–Crippen LogP) is 4.06. The average Bonchev–Trinajstić information content (AvgIpc) is 2.13. The van der Waals surface area contributed by atoms with Crippen LogP contribution in [0.5, 0.6) is 0 Å². The van der Waals surface area contributed by atoms with Gasteiger partial charge in [0.2, 0.25) is 0 Å². The van der Waals surface area contributed by atoms with Gasteiger partial charge in [-0.1, -0.05) is 37.0 Å². The standard InChI is InChI=1S/C13H18Cl2N2/c1-8-3-9(2)7-17(6-8)13-11(14)4-10(16)5-12(13)15/h4-5,8-9H,3,6-7,16H2,1-2H3. The van der Waals surface area contributed by atoms with Crippen molar-refractivity contribution in [2.45, 2.75) is 20.3 Å². The van der Waals surface area contributed by atoms with Crippen LogP contribution in [0.15, 0.2) is 12.1 Å². The molecule has 1 aliphatic rings. The average molecular weight is 273 g/mol. The molecule has 2 nitrogen and oxygen atoms in total. The van der Waals surface area contributed by atoms with Crippen LogP contribution >= 0.6 is 23.2 Å². The number of halogens is 2. The third-order valence-corrected chi connectivity index (χ3v) is 3.80. The number of rotatable bonds is 1. The molecule has 1 saturated heterocycles. The zero-order chi connectivity index (χ0) is 12.6. The molecule has 0 aliphatic carbocycles. The Balaban J connectivity index is 2.33. The van der Waals surface area contributed by atoms with Gasteiger partial charge in [-0.3, -0.25) is 0 Å². The Morgan fingerprint density at radius 3 is 2.06 bits per heavy atom. The van der Waals surface area contributed by atoms with E-state index in [9.17, 15) is 0 Å². The monoisotopic (exact) mass is 272 g/mol. The fourth-order valence-corrected chi connectivity index (χ4v) is 3.48. The molecule has 2 atom stereocenters. The summed E-state index contributed by atoms with van der Waals surface area (Å²) in [5.41, 5.74) is 7.27. The van der Waals surface area contributed by atoms with E-state index in [-0.39, 0.29) is 0 Å². The van der Waals surface area contributed by atoms with Crippen molar-refractivity contribution < 1.29 is 0 Å². The van der Waals surface area contributed by atoms with Crippen LogP contribution in [0.1, 0.15) is 20.3 Å². The first kappa shape index (κ1) is 12.8. The van der Waals surface area contributed by atoms with Gasteiger partial charge < -0.3 is 10.6 Å². The Hall–Kier alpha value is -0.600. The number of anilines is 2. The van der Waals surface area contributed by atoms with Gasteiger partial charge in [0.1, 0.15) is 0 Å². The topological polar surface area (TPSA) is 29.3 Å². The third-order valence-electron chi connectivity index (χ3n) is 3.22. The van der Waals surface area contributed by atoms with E-state index in [1.165, 1.54) is 6.42 Å². The number of hydrogen-bond acceptors (Lipinski definition) is 2. The number of benzene rings is 1. The van der Waals surface area contributed by atoms with E-state index in [0.29, 0.717) is 27.6 Å². The molecule has 1 fully saturated rings. The first-order valence-electron chi connectivity index (χ1n) is 5.97. The molecule has 1 aliphatic heterocycles. The van der Waals surface area contributed by atoms with Crippen LogP contribution in [-0.4, -0.2) is 13.1 Å². The number of piperidine rings is 1. The zero-order valence-corrected chi connectivity index (χ0v) is 11.7. The summed E-state index contributed by atoms with van der Waals surface area (Å²) in [4.78, 5) is 2.28. The molecule has 2 rings (SSSR count). The summed E-state index contributed by atoms with van der Waals surface area (Å²) in [5.74, 6) is 1.34. The lowest BCUT2D eigenvalue weighted by Crippen LogP contribution is -2.39. The molecule has 0 radical (unpaired) electrons. The van der Waals surface area contributed by atoms with Crippen LogP contribution < -0.4 is 10.6 Å². The maximum atomic E-state index is 6.26. The summed E-state index contributed by atoms with van der Waals surface area (Å²) < 4.78 is 0. The quantitative estimate of drug-likeness (QED) is 0.782. The van der Waals surface area contributed by atoms with Gasteiger partial charge in [0, 0.05) is 18.8 Å². The van der Waals surface area contributed by atoms with Gasteiger partial charge in [-0.2, -0.15) is 0 Å². The van der Waals surface area contributed by atoms with E-state index in [2.05, 4.69) is 18.7 Å². The van der Waals surface area contributed by atoms with Crippen molar-refractivity contribution in [3.63, 3.8) is 0 Å². The Kier molecular flexibility index (Phi) is 3.74. The summed E-state index contributed by atoms with van der Waals surface area (Å²) in [6.07, 6.45) is 1.26. The molecule has 0 aromatic heterocycles. The molecule has 2 unspecified atom stereocenters. The van der Waals surface area contributed by atoms with E-state index in [0.717, 1.165) is 18.8 Å². The van der Waals surface area contributed by atoms with Gasteiger partial charge in [-0.15, -0.1) is 0 Å². The lowest BCUT2D eigenvalue weighted by Gasteiger charge is -2.37. The van der Waals surface area contributed by atoms with Gasteiger partial charge >= 0.3 is 0 Å². The fraction of sp³-hybridized carbons (Fsp3) is 0.538. The molecular formula is C13H18Cl2N2. The minimum Gasteiger partial charge on any atom is -0.399 e. The van der Waals surface area contributed by atoms with Crippen LogP contribution in [0.4, 0.5) is 11.4 Å². The molecule has 4 heteroatoms. The number of nitrogen functional groups attached to an aromatic ring is 1. The fourth-order valence-electron chi connectivity index (χ4n) is 2.73. The third kappa shape index (κ3) is 2.80. The molecule has 1 heterocycles. The Bertz CT molecular complexity index is 387. The van der Waals surface area contributed by atoms with E-state index in [4.69, 9.17) is 28.9 Å². The first-order chi connectivity index (χ1) is 7.97. The van der Waals surface area contributed by atoms with Gasteiger partial charge in [0.15, 0.2) is 0 Å². The lowest BCUT2D eigenvalue weighted by molar-refractivity contribution is 0.357. The molecule has 1 aromatic carbocycles. The molecule has 0 saturated carbocycles. The van der Waals surface area contributed by atoms with E-state index >= 15 is 0 Å². The Labute approximate surface area is 113 Å². The predicted molar refractivity (Wildman–Crippen MR) is 76.0 cm³/mol. The SMILES string of the molecule is CC1CC(C)CN(c2c(Cl)cc(N)cc2Cl)C1. The van der Waals surface area contributed by atoms with Crippen LogP contribution in [0.2, 0.25) is 10.0 Å². The minimum atomic E-state index is 0.613. The highest BCUT2D eigenvalue weighted by Crippen LogP contribution is 2.38. The smallest absolute Gasteiger partial charge is 0.0746 e. The summed E-state index contributed by atoms with van der Waals surface area (Å²) in [5, 5.41) is 1.30. The van der Waals surface area contributed by atoms with Crippen LogP contribution in [0.3, 0.4) is 0 Å². The highest BCUT2D eigenvalue weighted by molar-refractivity contribution is 6.39. The summed E-state index contributed by atoms with van der Waals surface area (Å²) in [6, 6.07) is 3.54. The molecule has 0 spiro atoms. The highest BCUT2D eigenvalue weighted by Gasteiger charge is 2.25. The van der Waals surface area contributed by atoms with E-state index < -0.39 is 0 Å². The molecule has 1 aromatic rings. The molecule has 94 valence electrons. The van der Waals surface area contributed by atoms with E-state index in [1.54, 1.807) is 12.1 Å². The minimum absolute atomic E-state index is 0.613. The summed E-state index contributed by atoms with van der Waals surface area (Å²) >= 11 is 12.5. The highest BCUT2D eigenvalue weighted by atomic mass is 35.5. The molecular weight excluding hydrogens is 255 g/mol. The van der Waals surface area contributed by atoms with Gasteiger partial charge in [0.25, 0.3) is 0 Å². The molecule has 2 N–H and O–H groups in total. The van der Waals surface area contributed by atoms with Gasteiger partial charge in [0.05, 0.1) is 15.7 Å². The van der Waals surface area contributed by atoms with Crippen molar-refractivity contribution in [1.29, 1.82) is 0 Å². The van der Waals surface area contributed by atoms with Crippen LogP contribution in [0.25, 0.3) is 0 Å². The van der Waals surface area contributed by atoms with Crippen molar-refractivity contribution in [2.24, 2.45) is 11.8 Å². The van der Waals surface area contributed by atoms with Crippen LogP contribution in [0, 0.1) is 11.8 Å². The van der Waals surface area contributed by atoms with E-state index in [1.807, 2.05) is 0 Å². The number of nitrogens with two attached hydrogens (primary N) is 1. The number of hydrogen-bond donors (Lipinski definition) is 1. The van der Waals surface area contributed by atoms with Crippen LogP contribution in [-0.2, 0) is 0 Å². The van der Waals surface area contributed by atoms with Crippen molar-refractivity contribution in [1.82, 2.24) is 0 Å². The van der Waals surface area contributed by atoms with Crippen molar-refractivity contribution in [3.8, 4) is 0 Å². The summed E-state index contributed by atoms with van der Waals surface area (Å²) in [6.45, 7) is 6.55. The molecule has 0 amide bonds. The number of nitrogens with zero attached hydrogens (tertiary/aromatic N) is 1. The second-order valence-electron chi connectivity index (χ2n) is 5.18. The van der Waals surface area contributed by atoms with Gasteiger partial charge in [-0.05, 0) is 30.4 Å². The second kappa shape index (κ2) is 4.95. The molecule has 0 bridgehead atoms. The Morgan fingerprint density at radius 1 is 1.12 bits per heavy atom. The van der Waals surface area contributed by atoms with Crippen molar-refractivity contribution in [2.75, 3.05) is 23.7 Å². The maximum absolute atomic E-state index is 6.26. The summed E-state index contributed by atoms with van der Waals surface area (Å²) in [7, 11) is 0. The molecule has 17 heavy (non-hydrogen) atoms. The van der Waals surface area contributed by atoms with Crippen molar-refractivity contribution >= 4 is 34.6 Å². The van der Waals surface area contributed by atoms with Crippen molar-refractivity contribution in [3.05, 3.63) is 22.2 Å². The lowest BCUT2D eigenvalue weighted by atomic mass is 9.91. The largest absolute Gasteiger partial charge is 0.399 e. The maximum Gasteiger partial charge on any atom is 0.0746 e. The van der Waals surface area contributed by atoms with Gasteiger partial charge in [-0.25, -0.2) is 0 Å². The second-order valence-corrected chi connectivity index (χ2v) is 6.00.